The fraction of sp³-hybridized carbons (Fsp3) is 0.118. The van der Waals surface area contributed by atoms with E-state index in [-0.39, 0.29) is 6.54 Å². The van der Waals surface area contributed by atoms with Crippen LogP contribution in [0.3, 0.4) is 0 Å². The SMILES string of the molecule is COc1ccc(Cl)cc1NC(=O)CN1C(=O)c2ccccc2C1=O. The summed E-state index contributed by atoms with van der Waals surface area (Å²) in [6.45, 7) is -0.387. The van der Waals surface area contributed by atoms with Gasteiger partial charge in [0.2, 0.25) is 5.91 Å². The van der Waals surface area contributed by atoms with Gasteiger partial charge in [0.15, 0.2) is 0 Å². The summed E-state index contributed by atoms with van der Waals surface area (Å²) in [5.74, 6) is -1.06. The number of nitrogens with one attached hydrogen (secondary N) is 1. The number of methoxy groups -OCH3 is 1. The van der Waals surface area contributed by atoms with E-state index in [1.54, 1.807) is 36.4 Å². The minimum atomic E-state index is -0.523. The summed E-state index contributed by atoms with van der Waals surface area (Å²) in [5.41, 5.74) is 0.970. The maximum absolute atomic E-state index is 12.3. The van der Waals surface area contributed by atoms with E-state index < -0.39 is 17.7 Å². The average molecular weight is 345 g/mol. The molecule has 0 aliphatic carbocycles. The molecule has 0 bridgehead atoms. The van der Waals surface area contributed by atoms with Gasteiger partial charge in [0.1, 0.15) is 12.3 Å². The van der Waals surface area contributed by atoms with Crippen LogP contribution < -0.4 is 10.1 Å². The van der Waals surface area contributed by atoms with Crippen molar-refractivity contribution >= 4 is 35.0 Å². The summed E-state index contributed by atoms with van der Waals surface area (Å²) in [6, 6.07) is 11.2. The zero-order valence-corrected chi connectivity index (χ0v) is 13.5. The maximum Gasteiger partial charge on any atom is 0.262 e. The molecular formula is C17H13ClN2O4. The van der Waals surface area contributed by atoms with Gasteiger partial charge in [-0.25, -0.2) is 0 Å². The molecule has 0 atom stereocenters. The minimum Gasteiger partial charge on any atom is -0.495 e. The Labute approximate surface area is 143 Å². The highest BCUT2D eigenvalue weighted by Crippen LogP contribution is 2.28. The number of fused-ring (bicyclic) bond motifs is 1. The molecule has 3 rings (SSSR count). The van der Waals surface area contributed by atoms with Gasteiger partial charge in [-0.15, -0.1) is 0 Å². The predicted octanol–water partition coefficient (Wildman–Crippen LogP) is 2.58. The third kappa shape index (κ3) is 2.83. The van der Waals surface area contributed by atoms with Gasteiger partial charge in [0.05, 0.1) is 23.9 Å². The van der Waals surface area contributed by atoms with Crippen LogP contribution >= 0.6 is 11.6 Å². The first-order chi connectivity index (χ1) is 11.5. The van der Waals surface area contributed by atoms with Crippen molar-refractivity contribution in [2.45, 2.75) is 0 Å². The molecule has 0 unspecified atom stereocenters. The first-order valence-electron chi connectivity index (χ1n) is 7.10. The molecule has 24 heavy (non-hydrogen) atoms. The van der Waals surface area contributed by atoms with Crippen LogP contribution in [0, 0.1) is 0 Å². The number of amides is 3. The molecule has 2 aromatic carbocycles. The molecule has 1 aliphatic heterocycles. The van der Waals surface area contributed by atoms with Crippen molar-refractivity contribution in [1.82, 2.24) is 4.90 Å². The molecule has 0 saturated heterocycles. The quantitative estimate of drug-likeness (QED) is 0.865. The lowest BCUT2D eigenvalue weighted by atomic mass is 10.1. The second-order valence-corrected chi connectivity index (χ2v) is 5.57. The zero-order chi connectivity index (χ0) is 17.3. The Morgan fingerprint density at radius 3 is 2.33 bits per heavy atom. The van der Waals surface area contributed by atoms with Crippen molar-refractivity contribution in [3.63, 3.8) is 0 Å². The van der Waals surface area contributed by atoms with Crippen molar-refractivity contribution in [1.29, 1.82) is 0 Å². The smallest absolute Gasteiger partial charge is 0.262 e. The summed E-state index contributed by atoms with van der Waals surface area (Å²) >= 11 is 5.91. The van der Waals surface area contributed by atoms with Crippen molar-refractivity contribution in [2.75, 3.05) is 19.0 Å². The third-order valence-corrected chi connectivity index (χ3v) is 3.85. The Kier molecular flexibility index (Phi) is 4.22. The number of carbonyl (C=O) groups excluding carboxylic acids is 3. The summed E-state index contributed by atoms with van der Waals surface area (Å²) in [7, 11) is 1.46. The molecule has 1 aliphatic rings. The lowest BCUT2D eigenvalue weighted by Gasteiger charge is -2.15. The Balaban J connectivity index is 1.76. The zero-order valence-electron chi connectivity index (χ0n) is 12.7. The number of imide groups is 1. The molecule has 7 heteroatoms. The number of carbonyl (C=O) groups is 3. The highest BCUT2D eigenvalue weighted by Gasteiger charge is 2.36. The molecule has 1 heterocycles. The topological polar surface area (TPSA) is 75.7 Å². The number of hydrogen-bond donors (Lipinski definition) is 1. The van der Waals surface area contributed by atoms with E-state index in [9.17, 15) is 14.4 Å². The summed E-state index contributed by atoms with van der Waals surface area (Å²) in [5, 5.41) is 3.03. The molecule has 0 aromatic heterocycles. The lowest BCUT2D eigenvalue weighted by molar-refractivity contribution is -0.116. The van der Waals surface area contributed by atoms with Gasteiger partial charge in [0, 0.05) is 5.02 Å². The molecule has 0 fully saturated rings. The van der Waals surface area contributed by atoms with Crippen LogP contribution in [-0.2, 0) is 4.79 Å². The van der Waals surface area contributed by atoms with Gasteiger partial charge in [-0.2, -0.15) is 0 Å². The van der Waals surface area contributed by atoms with E-state index in [4.69, 9.17) is 16.3 Å². The van der Waals surface area contributed by atoms with E-state index in [2.05, 4.69) is 5.32 Å². The number of halogens is 1. The standard InChI is InChI=1S/C17H13ClN2O4/c1-24-14-7-6-10(18)8-13(14)19-15(21)9-20-16(22)11-4-2-3-5-12(11)17(20)23/h2-8H,9H2,1H3,(H,19,21). The second kappa shape index (κ2) is 6.33. The first-order valence-corrected chi connectivity index (χ1v) is 7.47. The van der Waals surface area contributed by atoms with Crippen molar-refractivity contribution < 1.29 is 19.1 Å². The number of nitrogens with zero attached hydrogens (tertiary/aromatic N) is 1. The van der Waals surface area contributed by atoms with Crippen molar-refractivity contribution in [3.05, 3.63) is 58.6 Å². The molecular weight excluding hydrogens is 332 g/mol. The summed E-state index contributed by atoms with van der Waals surface area (Å²) in [4.78, 5) is 37.7. The van der Waals surface area contributed by atoms with E-state index in [1.165, 1.54) is 13.2 Å². The molecule has 2 aromatic rings. The molecule has 3 amide bonds. The van der Waals surface area contributed by atoms with Crippen molar-refractivity contribution in [3.8, 4) is 5.75 Å². The lowest BCUT2D eigenvalue weighted by Crippen LogP contribution is -2.37. The number of rotatable bonds is 4. The van der Waals surface area contributed by atoms with Crippen LogP contribution in [0.5, 0.6) is 5.75 Å². The maximum atomic E-state index is 12.3. The predicted molar refractivity (Wildman–Crippen MR) is 88.4 cm³/mol. The minimum absolute atomic E-state index is 0.302. The molecule has 1 N–H and O–H groups in total. The first kappa shape index (κ1) is 16.0. The van der Waals surface area contributed by atoms with E-state index >= 15 is 0 Å². The summed E-state index contributed by atoms with van der Waals surface area (Å²) < 4.78 is 5.14. The Morgan fingerprint density at radius 2 is 1.75 bits per heavy atom. The van der Waals surface area contributed by atoms with Gasteiger partial charge < -0.3 is 10.1 Å². The fourth-order valence-corrected chi connectivity index (χ4v) is 2.67. The summed E-state index contributed by atoms with van der Waals surface area (Å²) in [6.07, 6.45) is 0. The molecule has 6 nitrogen and oxygen atoms in total. The Bertz CT molecular complexity index is 815. The van der Waals surface area contributed by atoms with Crippen LogP contribution in [0.4, 0.5) is 5.69 Å². The van der Waals surface area contributed by atoms with E-state index in [0.717, 1.165) is 4.90 Å². The number of hydrogen-bond acceptors (Lipinski definition) is 4. The largest absolute Gasteiger partial charge is 0.495 e. The third-order valence-electron chi connectivity index (χ3n) is 3.62. The van der Waals surface area contributed by atoms with Crippen molar-refractivity contribution in [2.24, 2.45) is 0 Å². The monoisotopic (exact) mass is 344 g/mol. The van der Waals surface area contributed by atoms with Crippen LogP contribution in [-0.4, -0.2) is 36.3 Å². The number of anilines is 1. The van der Waals surface area contributed by atoms with Gasteiger partial charge in [-0.3, -0.25) is 19.3 Å². The normalized spacial score (nSPS) is 13.0. The average Bonchev–Trinajstić information content (AvgIpc) is 2.80. The van der Waals surface area contributed by atoms with Crippen LogP contribution in [0.15, 0.2) is 42.5 Å². The van der Waals surface area contributed by atoms with Gasteiger partial charge in [0.25, 0.3) is 11.8 Å². The highest BCUT2D eigenvalue weighted by atomic mass is 35.5. The van der Waals surface area contributed by atoms with Gasteiger partial charge in [-0.1, -0.05) is 23.7 Å². The Hall–Kier alpha value is -2.86. The van der Waals surface area contributed by atoms with Gasteiger partial charge in [-0.05, 0) is 30.3 Å². The highest BCUT2D eigenvalue weighted by molar-refractivity contribution is 6.31. The molecule has 0 radical (unpaired) electrons. The number of ether oxygens (including phenoxy) is 1. The van der Waals surface area contributed by atoms with E-state index in [0.29, 0.717) is 27.6 Å². The second-order valence-electron chi connectivity index (χ2n) is 5.13. The molecule has 122 valence electrons. The Morgan fingerprint density at radius 1 is 1.12 bits per heavy atom. The van der Waals surface area contributed by atoms with E-state index in [1.807, 2.05) is 0 Å². The molecule has 0 saturated carbocycles. The van der Waals surface area contributed by atoms with Crippen LogP contribution in [0.2, 0.25) is 5.02 Å². The number of benzene rings is 2. The van der Waals surface area contributed by atoms with Crippen LogP contribution in [0.25, 0.3) is 0 Å². The molecule has 0 spiro atoms. The fourth-order valence-electron chi connectivity index (χ4n) is 2.49. The van der Waals surface area contributed by atoms with Gasteiger partial charge >= 0.3 is 0 Å². The van der Waals surface area contributed by atoms with Crippen LogP contribution in [0.1, 0.15) is 20.7 Å².